The number of ketones is 1. The van der Waals surface area contributed by atoms with E-state index in [9.17, 15) is 9.59 Å². The molecule has 1 rings (SSSR count). The van der Waals surface area contributed by atoms with Gasteiger partial charge in [0.1, 0.15) is 10.8 Å². The second kappa shape index (κ2) is 11.1. The van der Waals surface area contributed by atoms with Gasteiger partial charge in [-0.2, -0.15) is 0 Å². The summed E-state index contributed by atoms with van der Waals surface area (Å²) < 4.78 is 5.39. The van der Waals surface area contributed by atoms with E-state index in [4.69, 9.17) is 33.7 Å². The molecule has 0 fully saturated rings. The monoisotopic (exact) mass is 386 g/mol. The number of benzene rings is 1. The molecule has 0 saturated carbocycles. The van der Waals surface area contributed by atoms with Crippen LogP contribution >= 0.6 is 23.2 Å². The van der Waals surface area contributed by atoms with Crippen molar-refractivity contribution >= 4 is 34.9 Å². The second-order valence-corrected chi connectivity index (χ2v) is 6.31. The van der Waals surface area contributed by atoms with Gasteiger partial charge in [0.2, 0.25) is 0 Å². The Labute approximate surface area is 158 Å². The third-order valence-corrected chi connectivity index (χ3v) is 4.34. The van der Waals surface area contributed by atoms with Gasteiger partial charge >= 0.3 is 0 Å². The van der Waals surface area contributed by atoms with Crippen LogP contribution in [0.25, 0.3) is 0 Å². The van der Waals surface area contributed by atoms with Crippen molar-refractivity contribution in [3.8, 4) is 5.75 Å². The zero-order valence-corrected chi connectivity index (χ0v) is 15.9. The minimum atomic E-state index is -0.263. The predicted molar refractivity (Wildman–Crippen MR) is 102 cm³/mol. The quantitative estimate of drug-likeness (QED) is 0.344. The molecule has 1 aromatic rings. The normalized spacial score (nSPS) is 10.4. The zero-order chi connectivity index (χ0) is 18.8. The Bertz CT molecular complexity index is 633. The molecule has 7 heteroatoms. The SMILES string of the molecule is C=C(CCC)C(=O)c1ccc(OCC(=O)NCCCCN)c(Cl)c1Cl. The molecule has 0 aliphatic heterocycles. The van der Waals surface area contributed by atoms with Crippen molar-refractivity contribution in [2.24, 2.45) is 5.73 Å². The largest absolute Gasteiger partial charge is 0.482 e. The molecule has 0 aliphatic carbocycles. The summed E-state index contributed by atoms with van der Waals surface area (Å²) in [6.45, 7) is 6.69. The number of carbonyl (C=O) groups excluding carboxylic acids is 2. The van der Waals surface area contributed by atoms with Gasteiger partial charge in [-0.3, -0.25) is 9.59 Å². The summed E-state index contributed by atoms with van der Waals surface area (Å²) >= 11 is 12.4. The van der Waals surface area contributed by atoms with E-state index in [1.54, 1.807) is 0 Å². The highest BCUT2D eigenvalue weighted by Gasteiger charge is 2.18. The van der Waals surface area contributed by atoms with Gasteiger partial charge in [-0.1, -0.05) is 43.1 Å². The fraction of sp³-hybridized carbons (Fsp3) is 0.444. The number of allylic oxidation sites excluding steroid dienone is 1. The van der Waals surface area contributed by atoms with Crippen molar-refractivity contribution in [3.63, 3.8) is 0 Å². The maximum absolute atomic E-state index is 12.3. The van der Waals surface area contributed by atoms with Crippen molar-refractivity contribution < 1.29 is 14.3 Å². The van der Waals surface area contributed by atoms with Crippen LogP contribution in [-0.4, -0.2) is 31.4 Å². The van der Waals surface area contributed by atoms with Gasteiger partial charge in [-0.05, 0) is 43.5 Å². The Morgan fingerprint density at radius 1 is 1.24 bits per heavy atom. The summed E-state index contributed by atoms with van der Waals surface area (Å²) in [5.74, 6) is -0.250. The molecule has 138 valence electrons. The van der Waals surface area contributed by atoms with Crippen LogP contribution in [0.2, 0.25) is 10.0 Å². The van der Waals surface area contributed by atoms with Crippen LogP contribution < -0.4 is 15.8 Å². The lowest BCUT2D eigenvalue weighted by Gasteiger charge is -2.12. The fourth-order valence-electron chi connectivity index (χ4n) is 2.12. The molecule has 0 unspecified atom stereocenters. The molecule has 0 spiro atoms. The standard InChI is InChI=1S/C18H24Cl2N2O3/c1-3-6-12(2)18(24)13-7-8-14(17(20)16(13)19)25-11-15(23)22-10-5-4-9-21/h7-8H,2-6,9-11,21H2,1H3,(H,22,23). The average Bonchev–Trinajstić information content (AvgIpc) is 2.59. The summed E-state index contributed by atoms with van der Waals surface area (Å²) in [7, 11) is 0. The first-order valence-electron chi connectivity index (χ1n) is 8.22. The topological polar surface area (TPSA) is 81.4 Å². The molecule has 0 aromatic heterocycles. The fourth-order valence-corrected chi connectivity index (χ4v) is 2.58. The van der Waals surface area contributed by atoms with Gasteiger partial charge in [-0.25, -0.2) is 0 Å². The maximum Gasteiger partial charge on any atom is 0.257 e. The maximum atomic E-state index is 12.3. The minimum Gasteiger partial charge on any atom is -0.482 e. The summed E-state index contributed by atoms with van der Waals surface area (Å²) in [5, 5.41) is 2.93. The van der Waals surface area contributed by atoms with Gasteiger partial charge in [0.05, 0.1) is 5.02 Å². The first-order valence-corrected chi connectivity index (χ1v) is 8.98. The highest BCUT2D eigenvalue weighted by Crippen LogP contribution is 2.35. The Hall–Kier alpha value is -1.56. The smallest absolute Gasteiger partial charge is 0.257 e. The van der Waals surface area contributed by atoms with E-state index >= 15 is 0 Å². The number of carbonyl (C=O) groups is 2. The number of nitrogens with one attached hydrogen (secondary N) is 1. The van der Waals surface area contributed by atoms with Crippen molar-refractivity contribution in [1.29, 1.82) is 0 Å². The lowest BCUT2D eigenvalue weighted by atomic mass is 10.0. The van der Waals surface area contributed by atoms with Gasteiger partial charge in [-0.15, -0.1) is 0 Å². The number of unbranched alkanes of at least 4 members (excludes halogenated alkanes) is 1. The molecule has 5 nitrogen and oxygen atoms in total. The Balaban J connectivity index is 2.68. The Morgan fingerprint density at radius 3 is 2.60 bits per heavy atom. The number of hydrogen-bond acceptors (Lipinski definition) is 4. The number of halogens is 2. The van der Waals surface area contributed by atoms with Crippen LogP contribution in [0, 0.1) is 0 Å². The highest BCUT2D eigenvalue weighted by atomic mass is 35.5. The third kappa shape index (κ3) is 6.69. The first kappa shape index (κ1) is 21.5. The third-order valence-electron chi connectivity index (χ3n) is 3.48. The zero-order valence-electron chi connectivity index (χ0n) is 14.4. The average molecular weight is 387 g/mol. The molecule has 0 saturated heterocycles. The van der Waals surface area contributed by atoms with E-state index < -0.39 is 0 Å². The summed E-state index contributed by atoms with van der Waals surface area (Å²) in [6, 6.07) is 3.06. The van der Waals surface area contributed by atoms with Crippen LogP contribution in [0.15, 0.2) is 24.3 Å². The summed E-state index contributed by atoms with van der Waals surface area (Å²) in [5.41, 5.74) is 6.14. The molecule has 0 atom stereocenters. The van der Waals surface area contributed by atoms with E-state index in [-0.39, 0.29) is 39.7 Å². The second-order valence-electron chi connectivity index (χ2n) is 5.56. The van der Waals surface area contributed by atoms with Crippen LogP contribution in [-0.2, 0) is 4.79 Å². The van der Waals surface area contributed by atoms with E-state index in [0.29, 0.717) is 25.1 Å². The number of ether oxygens (including phenoxy) is 1. The molecule has 1 aromatic carbocycles. The predicted octanol–water partition coefficient (Wildman–Crippen LogP) is 3.77. The molecule has 3 N–H and O–H groups in total. The Morgan fingerprint density at radius 2 is 1.96 bits per heavy atom. The van der Waals surface area contributed by atoms with Gasteiger partial charge < -0.3 is 15.8 Å². The van der Waals surface area contributed by atoms with Crippen LogP contribution in [0.3, 0.4) is 0 Å². The van der Waals surface area contributed by atoms with Crippen LogP contribution in [0.1, 0.15) is 43.0 Å². The number of amides is 1. The molecular formula is C18H24Cl2N2O3. The molecule has 0 radical (unpaired) electrons. The molecule has 0 heterocycles. The number of nitrogens with two attached hydrogens (primary N) is 1. The summed E-state index contributed by atoms with van der Waals surface area (Å²) in [6.07, 6.45) is 3.07. The number of hydrogen-bond donors (Lipinski definition) is 2. The molecule has 0 aliphatic rings. The van der Waals surface area contributed by atoms with Crippen LogP contribution in [0.4, 0.5) is 0 Å². The van der Waals surface area contributed by atoms with Gasteiger partial charge in [0.15, 0.2) is 12.4 Å². The van der Waals surface area contributed by atoms with Gasteiger partial charge in [0, 0.05) is 12.1 Å². The van der Waals surface area contributed by atoms with Crippen molar-refractivity contribution in [2.75, 3.05) is 19.7 Å². The van der Waals surface area contributed by atoms with E-state index in [1.165, 1.54) is 12.1 Å². The minimum absolute atomic E-state index is 0.102. The summed E-state index contributed by atoms with van der Waals surface area (Å²) in [4.78, 5) is 24.0. The molecule has 25 heavy (non-hydrogen) atoms. The van der Waals surface area contributed by atoms with Crippen molar-refractivity contribution in [2.45, 2.75) is 32.6 Å². The number of rotatable bonds is 11. The lowest BCUT2D eigenvalue weighted by Crippen LogP contribution is -2.30. The van der Waals surface area contributed by atoms with E-state index in [2.05, 4.69) is 11.9 Å². The molecular weight excluding hydrogens is 363 g/mol. The van der Waals surface area contributed by atoms with Crippen molar-refractivity contribution in [1.82, 2.24) is 5.32 Å². The number of Topliss-reactive ketones (excluding diaryl/α,β-unsaturated/α-hetero) is 1. The van der Waals surface area contributed by atoms with Gasteiger partial charge in [0.25, 0.3) is 5.91 Å². The lowest BCUT2D eigenvalue weighted by molar-refractivity contribution is -0.123. The highest BCUT2D eigenvalue weighted by molar-refractivity contribution is 6.45. The first-order chi connectivity index (χ1) is 11.9. The van der Waals surface area contributed by atoms with E-state index in [0.717, 1.165) is 19.3 Å². The van der Waals surface area contributed by atoms with E-state index in [1.807, 2.05) is 6.92 Å². The van der Waals surface area contributed by atoms with Crippen molar-refractivity contribution in [3.05, 3.63) is 39.9 Å². The Kier molecular flexibility index (Phi) is 9.57. The van der Waals surface area contributed by atoms with Crippen LogP contribution in [0.5, 0.6) is 5.75 Å². The molecule has 0 bridgehead atoms. The molecule has 1 amide bonds.